The zero-order valence-electron chi connectivity index (χ0n) is 14.1. The molecule has 4 rings (SSSR count). The minimum Gasteiger partial charge on any atom is -0.504 e. The molecule has 3 aromatic rings. The van der Waals surface area contributed by atoms with Crippen molar-refractivity contribution in [1.82, 2.24) is 14.5 Å². The zero-order valence-corrected chi connectivity index (χ0v) is 15.7. The summed E-state index contributed by atoms with van der Waals surface area (Å²) in [7, 11) is 1.52. The van der Waals surface area contributed by atoms with E-state index in [2.05, 4.69) is 14.5 Å². The Morgan fingerprint density at radius 1 is 1.35 bits per heavy atom. The van der Waals surface area contributed by atoms with Gasteiger partial charge in [0.05, 0.1) is 12.8 Å². The molecule has 1 aliphatic rings. The highest BCUT2D eigenvalue weighted by atomic mass is 32.2. The fourth-order valence-electron chi connectivity index (χ4n) is 2.59. The number of hydrogen-bond acceptors (Lipinski definition) is 7. The van der Waals surface area contributed by atoms with Gasteiger partial charge in [0.25, 0.3) is 5.56 Å². The van der Waals surface area contributed by atoms with Crippen LogP contribution in [0.5, 0.6) is 11.5 Å². The molecule has 0 unspecified atom stereocenters. The van der Waals surface area contributed by atoms with Crippen LogP contribution in [-0.4, -0.2) is 26.8 Å². The van der Waals surface area contributed by atoms with Crippen molar-refractivity contribution in [3.8, 4) is 22.1 Å². The molecule has 6 nitrogen and oxygen atoms in total. The summed E-state index contributed by atoms with van der Waals surface area (Å²) in [6, 6.07) is 7.18. The van der Waals surface area contributed by atoms with Gasteiger partial charge in [0.1, 0.15) is 5.01 Å². The molecule has 2 aromatic heterocycles. The standard InChI is InChI=1S/C18H17N3O3S2/c1-24-15-8-11(2-5-14(15)22)17-19-12(9-25-17)10-26-18-20-16(23)6-7-21(18)13-3-4-13/h2,5-9,13,22H,3-4,10H2,1H3. The van der Waals surface area contributed by atoms with Crippen LogP contribution in [0, 0.1) is 0 Å². The van der Waals surface area contributed by atoms with Crippen LogP contribution >= 0.6 is 23.1 Å². The van der Waals surface area contributed by atoms with Gasteiger partial charge in [0, 0.05) is 35.0 Å². The summed E-state index contributed by atoms with van der Waals surface area (Å²) in [5.41, 5.74) is 1.62. The predicted octanol–water partition coefficient (Wildman–Crippen LogP) is 3.71. The normalized spacial score (nSPS) is 13.7. The van der Waals surface area contributed by atoms with Crippen molar-refractivity contribution in [2.24, 2.45) is 0 Å². The highest BCUT2D eigenvalue weighted by molar-refractivity contribution is 7.98. The maximum absolute atomic E-state index is 11.6. The van der Waals surface area contributed by atoms with Crippen molar-refractivity contribution in [3.63, 3.8) is 0 Å². The first-order valence-electron chi connectivity index (χ1n) is 8.18. The fourth-order valence-corrected chi connectivity index (χ4v) is 4.45. The minimum atomic E-state index is -0.209. The molecule has 1 aromatic carbocycles. The maximum atomic E-state index is 11.6. The molecule has 0 spiro atoms. The number of rotatable bonds is 6. The van der Waals surface area contributed by atoms with E-state index in [9.17, 15) is 9.90 Å². The quantitative estimate of drug-likeness (QED) is 0.513. The number of thiazole rings is 1. The average molecular weight is 387 g/mol. The first-order valence-corrected chi connectivity index (χ1v) is 10.0. The molecular weight excluding hydrogens is 370 g/mol. The van der Waals surface area contributed by atoms with Crippen LogP contribution in [0.15, 0.2) is 45.8 Å². The number of phenolic OH excluding ortho intramolecular Hbond substituents is 1. The van der Waals surface area contributed by atoms with Crippen molar-refractivity contribution in [1.29, 1.82) is 0 Å². The lowest BCUT2D eigenvalue weighted by Crippen LogP contribution is -2.12. The lowest BCUT2D eigenvalue weighted by atomic mass is 10.2. The molecule has 1 aliphatic carbocycles. The predicted molar refractivity (Wildman–Crippen MR) is 102 cm³/mol. The van der Waals surface area contributed by atoms with Crippen molar-refractivity contribution >= 4 is 23.1 Å². The van der Waals surface area contributed by atoms with Gasteiger partial charge in [0.15, 0.2) is 16.7 Å². The number of nitrogens with zero attached hydrogens (tertiary/aromatic N) is 3. The Balaban J connectivity index is 1.51. The summed E-state index contributed by atoms with van der Waals surface area (Å²) in [5, 5.41) is 13.3. The molecule has 1 N–H and O–H groups in total. The SMILES string of the molecule is COc1cc(-c2nc(CSc3nc(=O)ccn3C3CC3)cs2)ccc1O. The molecule has 0 bridgehead atoms. The van der Waals surface area contributed by atoms with Crippen LogP contribution in [0.4, 0.5) is 0 Å². The summed E-state index contributed by atoms with van der Waals surface area (Å²) >= 11 is 3.07. The average Bonchev–Trinajstić information content (AvgIpc) is 3.38. The zero-order chi connectivity index (χ0) is 18.1. The Labute approximate surface area is 158 Å². The van der Waals surface area contributed by atoms with Gasteiger partial charge in [0.2, 0.25) is 0 Å². The number of aromatic nitrogens is 3. The van der Waals surface area contributed by atoms with Crippen LogP contribution < -0.4 is 10.3 Å². The highest BCUT2D eigenvalue weighted by Gasteiger charge is 2.25. The highest BCUT2D eigenvalue weighted by Crippen LogP contribution is 2.38. The number of ether oxygens (including phenoxy) is 1. The third-order valence-corrected chi connectivity index (χ3v) is 6.01. The van der Waals surface area contributed by atoms with Gasteiger partial charge in [-0.15, -0.1) is 11.3 Å². The molecule has 2 heterocycles. The molecule has 0 aliphatic heterocycles. The van der Waals surface area contributed by atoms with Crippen molar-refractivity contribution in [2.75, 3.05) is 7.11 Å². The largest absolute Gasteiger partial charge is 0.504 e. The van der Waals surface area contributed by atoms with Crippen LogP contribution in [0.25, 0.3) is 10.6 Å². The molecule has 8 heteroatoms. The first kappa shape index (κ1) is 17.1. The van der Waals surface area contributed by atoms with Gasteiger partial charge in [-0.3, -0.25) is 4.79 Å². The van der Waals surface area contributed by atoms with E-state index < -0.39 is 0 Å². The summed E-state index contributed by atoms with van der Waals surface area (Å²) in [4.78, 5) is 20.4. The molecule has 26 heavy (non-hydrogen) atoms. The van der Waals surface area contributed by atoms with E-state index in [0.717, 1.165) is 34.3 Å². The van der Waals surface area contributed by atoms with E-state index >= 15 is 0 Å². The van der Waals surface area contributed by atoms with E-state index in [-0.39, 0.29) is 11.3 Å². The summed E-state index contributed by atoms with van der Waals surface area (Å²) in [6.07, 6.45) is 4.12. The van der Waals surface area contributed by atoms with Gasteiger partial charge in [-0.2, -0.15) is 4.98 Å². The number of phenols is 1. The van der Waals surface area contributed by atoms with Crippen molar-refractivity contribution < 1.29 is 9.84 Å². The Bertz CT molecular complexity index is 995. The number of hydrogen-bond donors (Lipinski definition) is 1. The molecule has 1 fully saturated rings. The second kappa shape index (κ2) is 7.13. The first-order chi connectivity index (χ1) is 12.6. The molecule has 0 radical (unpaired) electrons. The third kappa shape index (κ3) is 3.61. The number of benzene rings is 1. The smallest absolute Gasteiger partial charge is 0.273 e. The second-order valence-electron chi connectivity index (χ2n) is 6.01. The molecule has 134 valence electrons. The Morgan fingerprint density at radius 2 is 2.19 bits per heavy atom. The summed E-state index contributed by atoms with van der Waals surface area (Å²) < 4.78 is 7.24. The van der Waals surface area contributed by atoms with Crippen LogP contribution in [0.2, 0.25) is 0 Å². The Kier molecular flexibility index (Phi) is 4.69. The Hall–Kier alpha value is -2.32. The van der Waals surface area contributed by atoms with Gasteiger partial charge in [-0.1, -0.05) is 11.8 Å². The third-order valence-electron chi connectivity index (χ3n) is 4.07. The molecule has 0 saturated heterocycles. The van der Waals surface area contributed by atoms with Gasteiger partial charge in [-0.25, -0.2) is 4.98 Å². The monoisotopic (exact) mass is 387 g/mol. The number of aromatic hydroxyl groups is 1. The maximum Gasteiger partial charge on any atom is 0.273 e. The topological polar surface area (TPSA) is 77.2 Å². The van der Waals surface area contributed by atoms with E-state index in [4.69, 9.17) is 4.74 Å². The summed E-state index contributed by atoms with van der Waals surface area (Å²) in [6.45, 7) is 0. The van der Waals surface area contributed by atoms with E-state index in [1.54, 1.807) is 12.1 Å². The van der Waals surface area contributed by atoms with E-state index in [1.807, 2.05) is 17.6 Å². The van der Waals surface area contributed by atoms with Crippen LogP contribution in [0.1, 0.15) is 24.6 Å². The van der Waals surface area contributed by atoms with Crippen molar-refractivity contribution in [3.05, 3.63) is 51.9 Å². The molecule has 0 amide bonds. The minimum absolute atomic E-state index is 0.108. The number of thioether (sulfide) groups is 1. The lowest BCUT2D eigenvalue weighted by molar-refractivity contribution is 0.373. The van der Waals surface area contributed by atoms with Crippen LogP contribution in [-0.2, 0) is 5.75 Å². The molecule has 1 saturated carbocycles. The van der Waals surface area contributed by atoms with Crippen molar-refractivity contribution in [2.45, 2.75) is 29.8 Å². The lowest BCUT2D eigenvalue weighted by Gasteiger charge is -2.09. The fraction of sp³-hybridized carbons (Fsp3) is 0.278. The van der Waals surface area contributed by atoms with Gasteiger partial charge >= 0.3 is 0 Å². The number of methoxy groups -OCH3 is 1. The van der Waals surface area contributed by atoms with Gasteiger partial charge < -0.3 is 14.4 Å². The molecule has 0 atom stereocenters. The van der Waals surface area contributed by atoms with E-state index in [1.165, 1.54) is 36.3 Å². The summed E-state index contributed by atoms with van der Waals surface area (Å²) in [5.74, 6) is 1.18. The van der Waals surface area contributed by atoms with E-state index in [0.29, 0.717) is 17.5 Å². The van der Waals surface area contributed by atoms with Crippen LogP contribution in [0.3, 0.4) is 0 Å². The van der Waals surface area contributed by atoms with Gasteiger partial charge in [-0.05, 0) is 31.0 Å². The molecular formula is C18H17N3O3S2. The Morgan fingerprint density at radius 3 is 2.96 bits per heavy atom. The second-order valence-corrected chi connectivity index (χ2v) is 7.81.